The van der Waals surface area contributed by atoms with E-state index in [4.69, 9.17) is 11.6 Å². The average molecular weight is 579 g/mol. The van der Waals surface area contributed by atoms with Gasteiger partial charge in [-0.3, -0.25) is 24.5 Å². The molecule has 2 aromatic carbocycles. The average Bonchev–Trinajstić information content (AvgIpc) is 3.67. The summed E-state index contributed by atoms with van der Waals surface area (Å²) in [5.74, 6) is 5.79. The molecule has 2 unspecified atom stereocenters. The third-order valence-corrected chi connectivity index (χ3v) is 7.80. The van der Waals surface area contributed by atoms with Gasteiger partial charge in [0, 0.05) is 54.6 Å². The standard InChI is InChI=1S/C32H27ClN6O3/c1-19-8-9-21(15-20(19)10-11-22-17-36-26-7-3-12-34-28(22)26)30(40)35-13-4-14-39-31(41)27(38-32(39)42)16-23-18-37-29-24(23)5-2-6-25(29)33/h2-3,5-9,12,15,17-18,27-28,37H,4,13-14,16H2,1H3,(H,35,40)(H,38,42). The number of H-pyrrole nitrogens is 1. The fourth-order valence-corrected chi connectivity index (χ4v) is 5.41. The number of para-hydroxylation sites is 1. The summed E-state index contributed by atoms with van der Waals surface area (Å²) in [6, 6.07) is 9.70. The first-order valence-electron chi connectivity index (χ1n) is 13.6. The number of urea groups is 1. The minimum atomic E-state index is -0.656. The van der Waals surface area contributed by atoms with Gasteiger partial charge in [0.2, 0.25) is 0 Å². The minimum absolute atomic E-state index is 0.165. The number of aromatic amines is 1. The number of nitrogens with one attached hydrogen (secondary N) is 3. The van der Waals surface area contributed by atoms with Crippen LogP contribution in [0, 0.1) is 18.8 Å². The minimum Gasteiger partial charge on any atom is -0.360 e. The van der Waals surface area contributed by atoms with Crippen molar-refractivity contribution in [2.45, 2.75) is 31.8 Å². The Hall–Kier alpha value is -4.94. The molecule has 0 spiro atoms. The molecule has 2 atom stereocenters. The van der Waals surface area contributed by atoms with E-state index in [2.05, 4.69) is 37.4 Å². The summed E-state index contributed by atoms with van der Waals surface area (Å²) < 4.78 is 0. The number of fused-ring (bicyclic) bond motifs is 2. The molecule has 1 aromatic heterocycles. The number of imide groups is 1. The number of carbonyl (C=O) groups excluding carboxylic acids is 3. The molecule has 1 fully saturated rings. The zero-order valence-electron chi connectivity index (χ0n) is 22.8. The van der Waals surface area contributed by atoms with Gasteiger partial charge in [0.25, 0.3) is 11.8 Å². The molecule has 9 nitrogen and oxygen atoms in total. The third-order valence-electron chi connectivity index (χ3n) is 7.48. The summed E-state index contributed by atoms with van der Waals surface area (Å²) in [5, 5.41) is 7.17. The fraction of sp³-hybridized carbons (Fsp3) is 0.219. The van der Waals surface area contributed by atoms with E-state index in [1.54, 1.807) is 30.6 Å². The number of hydrogen-bond donors (Lipinski definition) is 3. The Morgan fingerprint density at radius 1 is 1.19 bits per heavy atom. The molecule has 6 rings (SSSR count). The van der Waals surface area contributed by atoms with E-state index in [-0.39, 0.29) is 24.4 Å². The molecule has 0 aliphatic carbocycles. The molecule has 42 heavy (non-hydrogen) atoms. The summed E-state index contributed by atoms with van der Waals surface area (Å²) in [4.78, 5) is 51.5. The van der Waals surface area contributed by atoms with Gasteiger partial charge >= 0.3 is 6.03 Å². The Labute approximate surface area is 247 Å². The van der Waals surface area contributed by atoms with Crippen molar-refractivity contribution in [2.24, 2.45) is 9.98 Å². The van der Waals surface area contributed by atoms with Crippen LogP contribution < -0.4 is 10.6 Å². The van der Waals surface area contributed by atoms with Gasteiger partial charge in [-0.25, -0.2) is 4.79 Å². The van der Waals surface area contributed by atoms with Crippen LogP contribution in [0.2, 0.25) is 5.02 Å². The molecular weight excluding hydrogens is 552 g/mol. The van der Waals surface area contributed by atoms with Gasteiger partial charge in [-0.2, -0.15) is 0 Å². The van der Waals surface area contributed by atoms with E-state index >= 15 is 0 Å². The number of aliphatic imine (C=N–C) groups is 2. The highest BCUT2D eigenvalue weighted by atomic mass is 35.5. The summed E-state index contributed by atoms with van der Waals surface area (Å²) in [6.45, 7) is 2.44. The van der Waals surface area contributed by atoms with Crippen molar-refractivity contribution in [2.75, 3.05) is 13.1 Å². The van der Waals surface area contributed by atoms with Gasteiger partial charge in [-0.15, -0.1) is 0 Å². The number of allylic oxidation sites excluding steroid dienone is 1. The molecule has 210 valence electrons. The van der Waals surface area contributed by atoms with Gasteiger partial charge in [-0.1, -0.05) is 41.6 Å². The predicted molar refractivity (Wildman–Crippen MR) is 163 cm³/mol. The number of hydrogen-bond acceptors (Lipinski definition) is 5. The number of nitrogens with zero attached hydrogens (tertiary/aromatic N) is 3. The van der Waals surface area contributed by atoms with Crippen LogP contribution in [0.3, 0.4) is 0 Å². The van der Waals surface area contributed by atoms with Crippen LogP contribution in [0.1, 0.15) is 33.5 Å². The van der Waals surface area contributed by atoms with Crippen molar-refractivity contribution < 1.29 is 14.4 Å². The third kappa shape index (κ3) is 5.37. The Morgan fingerprint density at radius 2 is 2.07 bits per heavy atom. The Kier molecular flexibility index (Phi) is 7.46. The van der Waals surface area contributed by atoms with Crippen LogP contribution in [0.25, 0.3) is 10.9 Å². The molecule has 4 amide bonds. The first-order chi connectivity index (χ1) is 20.4. The fourth-order valence-electron chi connectivity index (χ4n) is 5.18. The van der Waals surface area contributed by atoms with Crippen LogP contribution in [0.4, 0.5) is 4.79 Å². The second kappa shape index (κ2) is 11.5. The van der Waals surface area contributed by atoms with Crippen LogP contribution in [0.5, 0.6) is 0 Å². The zero-order valence-corrected chi connectivity index (χ0v) is 23.5. The number of aryl methyl sites for hydroxylation is 1. The lowest BCUT2D eigenvalue weighted by Crippen LogP contribution is -2.35. The molecule has 3 N–H and O–H groups in total. The van der Waals surface area contributed by atoms with E-state index in [0.717, 1.165) is 38.9 Å². The highest BCUT2D eigenvalue weighted by Gasteiger charge is 2.37. The summed E-state index contributed by atoms with van der Waals surface area (Å²) in [5.41, 5.74) is 5.57. The molecule has 3 aromatic rings. The van der Waals surface area contributed by atoms with Crippen molar-refractivity contribution >= 4 is 52.3 Å². The molecule has 3 aliphatic heterocycles. The number of aromatic nitrogens is 1. The maximum Gasteiger partial charge on any atom is 0.324 e. The SMILES string of the molecule is Cc1ccc(C(=O)NCCCN2C(=O)NC(Cc3c[nH]c4c(Cl)cccc34)C2=O)cc1C#CC1=CN=C2C=CC=NC12. The van der Waals surface area contributed by atoms with Gasteiger partial charge in [-0.05, 0) is 54.8 Å². The normalized spacial score (nSPS) is 18.9. The number of halogens is 1. The molecule has 10 heteroatoms. The molecular formula is C32H27ClN6O3. The molecule has 4 heterocycles. The Balaban J connectivity index is 1.01. The molecule has 0 saturated carbocycles. The number of dihydropyridines is 1. The first-order valence-corrected chi connectivity index (χ1v) is 14.0. The lowest BCUT2D eigenvalue weighted by Gasteiger charge is -2.13. The highest BCUT2D eigenvalue weighted by Crippen LogP contribution is 2.27. The zero-order chi connectivity index (χ0) is 29.2. The largest absolute Gasteiger partial charge is 0.360 e. The van der Waals surface area contributed by atoms with Crippen LogP contribution in [-0.2, 0) is 11.2 Å². The van der Waals surface area contributed by atoms with Crippen molar-refractivity contribution in [3.05, 3.63) is 93.8 Å². The van der Waals surface area contributed by atoms with Crippen molar-refractivity contribution in [3.63, 3.8) is 0 Å². The van der Waals surface area contributed by atoms with Crippen molar-refractivity contribution in [1.82, 2.24) is 20.5 Å². The number of rotatable bonds is 7. The molecule has 3 aliphatic rings. The monoisotopic (exact) mass is 578 g/mol. The molecule has 0 radical (unpaired) electrons. The van der Waals surface area contributed by atoms with Crippen molar-refractivity contribution in [3.8, 4) is 11.8 Å². The van der Waals surface area contributed by atoms with Gasteiger partial charge in [0.05, 0.1) is 21.8 Å². The summed E-state index contributed by atoms with van der Waals surface area (Å²) >= 11 is 6.24. The van der Waals surface area contributed by atoms with Crippen molar-refractivity contribution in [1.29, 1.82) is 0 Å². The highest BCUT2D eigenvalue weighted by molar-refractivity contribution is 6.35. The van der Waals surface area contributed by atoms with E-state index < -0.39 is 12.1 Å². The Bertz CT molecular complexity index is 1810. The van der Waals surface area contributed by atoms with Gasteiger partial charge in [0.15, 0.2) is 0 Å². The number of benzene rings is 2. The van der Waals surface area contributed by atoms with Crippen LogP contribution >= 0.6 is 11.6 Å². The maximum absolute atomic E-state index is 13.0. The quantitative estimate of drug-likeness (QED) is 0.222. The van der Waals surface area contributed by atoms with E-state index in [1.165, 1.54) is 4.90 Å². The molecule has 1 saturated heterocycles. The second-order valence-electron chi connectivity index (χ2n) is 10.3. The van der Waals surface area contributed by atoms with E-state index in [1.807, 2.05) is 43.5 Å². The second-order valence-corrected chi connectivity index (χ2v) is 10.7. The lowest BCUT2D eigenvalue weighted by molar-refractivity contribution is -0.127. The molecule has 0 bridgehead atoms. The van der Waals surface area contributed by atoms with Crippen LogP contribution in [0.15, 0.2) is 76.5 Å². The predicted octanol–water partition coefficient (Wildman–Crippen LogP) is 4.11. The smallest absolute Gasteiger partial charge is 0.324 e. The first kappa shape index (κ1) is 27.2. The number of amides is 4. The van der Waals surface area contributed by atoms with E-state index in [0.29, 0.717) is 30.0 Å². The maximum atomic E-state index is 13.0. The van der Waals surface area contributed by atoms with E-state index in [9.17, 15) is 14.4 Å². The summed E-state index contributed by atoms with van der Waals surface area (Å²) in [7, 11) is 0. The van der Waals surface area contributed by atoms with Crippen LogP contribution in [-0.4, -0.2) is 64.8 Å². The number of carbonyl (C=O) groups is 3. The topological polar surface area (TPSA) is 119 Å². The Morgan fingerprint density at radius 3 is 2.95 bits per heavy atom. The summed E-state index contributed by atoms with van der Waals surface area (Å²) in [6.07, 6.45) is 9.84. The van der Waals surface area contributed by atoms with Gasteiger partial charge in [0.1, 0.15) is 12.1 Å². The lowest BCUT2D eigenvalue weighted by atomic mass is 10.0. The van der Waals surface area contributed by atoms with Gasteiger partial charge < -0.3 is 15.6 Å².